The molecule has 0 bridgehead atoms. The third kappa shape index (κ3) is 6.25. The van der Waals surface area contributed by atoms with Crippen LogP contribution in [0.3, 0.4) is 0 Å². The molecule has 1 aliphatic rings. The zero-order chi connectivity index (χ0) is 26.4. The van der Waals surface area contributed by atoms with Gasteiger partial charge in [-0.3, -0.25) is 24.6 Å². The van der Waals surface area contributed by atoms with Crippen LogP contribution in [0.4, 0.5) is 14.9 Å². The van der Waals surface area contributed by atoms with Gasteiger partial charge in [-0.2, -0.15) is 0 Å². The van der Waals surface area contributed by atoms with E-state index in [0.29, 0.717) is 17.1 Å². The highest BCUT2D eigenvalue weighted by Crippen LogP contribution is 2.35. The largest absolute Gasteiger partial charge is 0.493 e. The van der Waals surface area contributed by atoms with Crippen molar-refractivity contribution in [1.82, 2.24) is 4.90 Å². The Kier molecular flexibility index (Phi) is 8.04. The number of thioether (sulfide) groups is 1. The molecule has 0 unspecified atom stereocenters. The van der Waals surface area contributed by atoms with E-state index in [-0.39, 0.29) is 47.5 Å². The maximum absolute atomic E-state index is 13.2. The van der Waals surface area contributed by atoms with Gasteiger partial charge >= 0.3 is 0 Å². The molecule has 1 heterocycles. The SMILES string of the molecule is COc1ccccc1OCCN1C(=O)S/C(=C\c2cc([N+](=O)[O-])ccc2OCc2ccc(F)cc2)C1=O. The number of hydrogen-bond donors (Lipinski definition) is 0. The van der Waals surface area contributed by atoms with Crippen LogP contribution < -0.4 is 14.2 Å². The first-order chi connectivity index (χ1) is 17.9. The fraction of sp³-hybridized carbons (Fsp3) is 0.154. The van der Waals surface area contributed by atoms with E-state index in [4.69, 9.17) is 14.2 Å². The summed E-state index contributed by atoms with van der Waals surface area (Å²) in [6.45, 7) is 0.123. The summed E-state index contributed by atoms with van der Waals surface area (Å²) in [6.07, 6.45) is 1.39. The summed E-state index contributed by atoms with van der Waals surface area (Å²) in [6, 6.07) is 16.7. The summed E-state index contributed by atoms with van der Waals surface area (Å²) in [5.74, 6) is 0.335. The normalized spacial score (nSPS) is 14.2. The van der Waals surface area contributed by atoms with Gasteiger partial charge in [-0.05, 0) is 53.7 Å². The lowest BCUT2D eigenvalue weighted by molar-refractivity contribution is -0.384. The molecule has 0 radical (unpaired) electrons. The highest BCUT2D eigenvalue weighted by Gasteiger charge is 2.35. The van der Waals surface area contributed by atoms with Crippen LogP contribution in [0.5, 0.6) is 17.2 Å². The molecule has 3 aromatic carbocycles. The van der Waals surface area contributed by atoms with Crippen LogP contribution in [0.1, 0.15) is 11.1 Å². The van der Waals surface area contributed by atoms with Gasteiger partial charge in [-0.25, -0.2) is 4.39 Å². The molecule has 0 N–H and O–H groups in total. The molecule has 11 heteroatoms. The molecular formula is C26H21FN2O7S. The molecule has 0 aliphatic carbocycles. The molecule has 4 rings (SSSR count). The molecule has 2 amide bonds. The Morgan fingerprint density at radius 2 is 1.73 bits per heavy atom. The maximum atomic E-state index is 13.2. The van der Waals surface area contributed by atoms with E-state index in [1.807, 2.05) is 0 Å². The second-order valence-electron chi connectivity index (χ2n) is 7.73. The number of amides is 2. The quantitative estimate of drug-likeness (QED) is 0.196. The lowest BCUT2D eigenvalue weighted by atomic mass is 10.1. The monoisotopic (exact) mass is 524 g/mol. The second kappa shape index (κ2) is 11.6. The van der Waals surface area contributed by atoms with Crippen molar-refractivity contribution < 1.29 is 33.1 Å². The highest BCUT2D eigenvalue weighted by atomic mass is 32.2. The van der Waals surface area contributed by atoms with E-state index in [1.54, 1.807) is 36.4 Å². The van der Waals surface area contributed by atoms with Gasteiger partial charge in [-0.1, -0.05) is 24.3 Å². The molecule has 0 aromatic heterocycles. The number of nitro groups is 1. The van der Waals surface area contributed by atoms with Gasteiger partial charge in [0.1, 0.15) is 24.8 Å². The van der Waals surface area contributed by atoms with Crippen LogP contribution >= 0.6 is 11.8 Å². The number of benzene rings is 3. The van der Waals surface area contributed by atoms with Gasteiger partial charge in [0.15, 0.2) is 11.5 Å². The minimum Gasteiger partial charge on any atom is -0.493 e. The Labute approximate surface area is 215 Å². The van der Waals surface area contributed by atoms with E-state index >= 15 is 0 Å². The lowest BCUT2D eigenvalue weighted by Gasteiger charge is -2.14. The fourth-order valence-electron chi connectivity index (χ4n) is 3.45. The molecule has 37 heavy (non-hydrogen) atoms. The van der Waals surface area contributed by atoms with Crippen molar-refractivity contribution in [2.24, 2.45) is 0 Å². The van der Waals surface area contributed by atoms with Gasteiger partial charge in [0.05, 0.1) is 23.5 Å². The van der Waals surface area contributed by atoms with Gasteiger partial charge in [0, 0.05) is 17.7 Å². The first-order valence-electron chi connectivity index (χ1n) is 11.0. The first-order valence-corrected chi connectivity index (χ1v) is 11.8. The number of ether oxygens (including phenoxy) is 3. The predicted molar refractivity (Wildman–Crippen MR) is 135 cm³/mol. The molecule has 9 nitrogen and oxygen atoms in total. The van der Waals surface area contributed by atoms with Crippen molar-refractivity contribution in [1.29, 1.82) is 0 Å². The predicted octanol–water partition coefficient (Wildman–Crippen LogP) is 5.44. The number of carbonyl (C=O) groups is 2. The van der Waals surface area contributed by atoms with Gasteiger partial charge in [0.25, 0.3) is 16.8 Å². The van der Waals surface area contributed by atoms with Crippen molar-refractivity contribution in [2.45, 2.75) is 6.61 Å². The summed E-state index contributed by atoms with van der Waals surface area (Å²) in [7, 11) is 1.51. The molecule has 0 spiro atoms. The van der Waals surface area contributed by atoms with E-state index < -0.39 is 16.1 Å². The summed E-state index contributed by atoms with van der Waals surface area (Å²) in [4.78, 5) is 37.4. The van der Waals surface area contributed by atoms with Crippen molar-refractivity contribution in [2.75, 3.05) is 20.3 Å². The molecular weight excluding hydrogens is 503 g/mol. The summed E-state index contributed by atoms with van der Waals surface area (Å²) >= 11 is 0.721. The lowest BCUT2D eigenvalue weighted by Crippen LogP contribution is -2.32. The minimum atomic E-state index is -0.567. The minimum absolute atomic E-state index is 0.00289. The number of imide groups is 1. The fourth-order valence-corrected chi connectivity index (χ4v) is 4.31. The molecule has 1 aliphatic heterocycles. The van der Waals surface area contributed by atoms with Crippen LogP contribution in [0, 0.1) is 15.9 Å². The van der Waals surface area contributed by atoms with Crippen molar-refractivity contribution in [3.05, 3.63) is 98.7 Å². The number of rotatable bonds is 10. The third-order valence-electron chi connectivity index (χ3n) is 5.31. The van der Waals surface area contributed by atoms with Crippen molar-refractivity contribution >= 4 is 34.7 Å². The van der Waals surface area contributed by atoms with Gasteiger partial charge in [0.2, 0.25) is 0 Å². The summed E-state index contributed by atoms with van der Waals surface area (Å²) in [5, 5.41) is 10.8. The van der Waals surface area contributed by atoms with Gasteiger partial charge < -0.3 is 14.2 Å². The Morgan fingerprint density at radius 1 is 1.00 bits per heavy atom. The zero-order valence-corrected chi connectivity index (χ0v) is 20.4. The number of non-ortho nitro benzene ring substituents is 1. The van der Waals surface area contributed by atoms with Crippen LogP contribution in [0.25, 0.3) is 6.08 Å². The highest BCUT2D eigenvalue weighted by molar-refractivity contribution is 8.18. The van der Waals surface area contributed by atoms with E-state index in [9.17, 15) is 24.1 Å². The van der Waals surface area contributed by atoms with Crippen LogP contribution in [0.2, 0.25) is 0 Å². The van der Waals surface area contributed by atoms with Crippen LogP contribution in [-0.2, 0) is 11.4 Å². The average Bonchev–Trinajstić information content (AvgIpc) is 3.16. The molecule has 1 fully saturated rings. The van der Waals surface area contributed by atoms with Crippen LogP contribution in [0.15, 0.2) is 71.6 Å². The second-order valence-corrected chi connectivity index (χ2v) is 8.72. The van der Waals surface area contributed by atoms with E-state index in [1.165, 1.54) is 43.5 Å². The molecule has 0 saturated carbocycles. The number of nitro benzene ring substituents is 1. The summed E-state index contributed by atoms with van der Waals surface area (Å²) < 4.78 is 29.8. The Bertz CT molecular complexity index is 1360. The molecule has 0 atom stereocenters. The molecule has 1 saturated heterocycles. The Morgan fingerprint density at radius 3 is 2.43 bits per heavy atom. The zero-order valence-electron chi connectivity index (χ0n) is 19.6. The van der Waals surface area contributed by atoms with E-state index in [2.05, 4.69) is 0 Å². The number of para-hydroxylation sites is 2. The number of hydrogen-bond acceptors (Lipinski definition) is 8. The standard InChI is InChI=1S/C26H21FN2O7S/c1-34-22-4-2-3-5-23(22)35-13-12-28-25(30)24(37-26(28)31)15-18-14-20(29(32)33)10-11-21(18)36-16-17-6-8-19(27)9-7-17/h2-11,14-15H,12-13,16H2,1H3/b24-15-. The Balaban J connectivity index is 1.50. The number of nitrogens with zero attached hydrogens (tertiary/aromatic N) is 2. The number of carbonyl (C=O) groups excluding carboxylic acids is 2. The molecule has 3 aromatic rings. The molecule has 190 valence electrons. The number of halogens is 1. The van der Waals surface area contributed by atoms with Gasteiger partial charge in [-0.15, -0.1) is 0 Å². The Hall–Kier alpha value is -4.38. The van der Waals surface area contributed by atoms with E-state index in [0.717, 1.165) is 16.7 Å². The summed E-state index contributed by atoms with van der Waals surface area (Å²) in [5.41, 5.74) is 0.734. The van der Waals surface area contributed by atoms with Crippen LogP contribution in [-0.4, -0.2) is 41.2 Å². The average molecular weight is 525 g/mol. The third-order valence-corrected chi connectivity index (χ3v) is 6.22. The first kappa shape index (κ1) is 25.7. The van der Waals surface area contributed by atoms with Crippen molar-refractivity contribution in [3.8, 4) is 17.2 Å². The topological polar surface area (TPSA) is 108 Å². The smallest absolute Gasteiger partial charge is 0.293 e. The maximum Gasteiger partial charge on any atom is 0.293 e. The number of methoxy groups -OCH3 is 1. The van der Waals surface area contributed by atoms with Crippen molar-refractivity contribution in [3.63, 3.8) is 0 Å².